The van der Waals surface area contributed by atoms with E-state index >= 15 is 0 Å². The number of fused-ring (bicyclic) bond motifs is 1. The highest BCUT2D eigenvalue weighted by Crippen LogP contribution is 2.50. The number of rotatable bonds is 0. The predicted molar refractivity (Wildman–Crippen MR) is 35.0 cm³/mol. The SMILES string of the molecule is CC12CC=CC1CC2=O. The van der Waals surface area contributed by atoms with Crippen LogP contribution < -0.4 is 0 Å². The molecule has 9 heavy (non-hydrogen) atoms. The zero-order valence-corrected chi connectivity index (χ0v) is 5.55. The third kappa shape index (κ3) is 0.432. The second kappa shape index (κ2) is 1.28. The van der Waals surface area contributed by atoms with Gasteiger partial charge in [0.25, 0.3) is 0 Å². The maximum absolute atomic E-state index is 11.0. The number of hydrogen-bond acceptors (Lipinski definition) is 1. The maximum Gasteiger partial charge on any atom is 0.140 e. The number of hydrogen-bond donors (Lipinski definition) is 0. The third-order valence-corrected chi connectivity index (χ3v) is 2.77. The second-order valence-corrected chi connectivity index (χ2v) is 3.28. The molecule has 0 heterocycles. The van der Waals surface area contributed by atoms with E-state index in [9.17, 15) is 4.79 Å². The molecule has 2 atom stereocenters. The Morgan fingerprint density at radius 2 is 2.56 bits per heavy atom. The summed E-state index contributed by atoms with van der Waals surface area (Å²) in [6.45, 7) is 2.07. The van der Waals surface area contributed by atoms with Crippen LogP contribution in [-0.2, 0) is 4.79 Å². The normalized spacial score (nSPS) is 46.8. The lowest BCUT2D eigenvalue weighted by molar-refractivity contribution is -0.140. The molecule has 1 fully saturated rings. The molecule has 0 spiro atoms. The van der Waals surface area contributed by atoms with Gasteiger partial charge >= 0.3 is 0 Å². The molecule has 0 bridgehead atoms. The summed E-state index contributed by atoms with van der Waals surface area (Å²) in [7, 11) is 0. The first kappa shape index (κ1) is 5.21. The molecule has 2 rings (SSSR count). The van der Waals surface area contributed by atoms with Crippen molar-refractivity contribution in [3.8, 4) is 0 Å². The molecule has 0 saturated heterocycles. The molecule has 1 nitrogen and oxygen atoms in total. The van der Waals surface area contributed by atoms with Crippen LogP contribution in [-0.4, -0.2) is 5.78 Å². The smallest absolute Gasteiger partial charge is 0.140 e. The van der Waals surface area contributed by atoms with Crippen LogP contribution in [0, 0.1) is 11.3 Å². The summed E-state index contributed by atoms with van der Waals surface area (Å²) >= 11 is 0. The van der Waals surface area contributed by atoms with E-state index in [2.05, 4.69) is 19.1 Å². The highest BCUT2D eigenvalue weighted by atomic mass is 16.1. The van der Waals surface area contributed by atoms with Gasteiger partial charge in [-0.3, -0.25) is 4.79 Å². The Kier molecular flexibility index (Phi) is 0.743. The first-order valence-corrected chi connectivity index (χ1v) is 3.43. The van der Waals surface area contributed by atoms with Gasteiger partial charge in [0.15, 0.2) is 0 Å². The fraction of sp³-hybridized carbons (Fsp3) is 0.625. The average molecular weight is 122 g/mol. The van der Waals surface area contributed by atoms with Gasteiger partial charge in [0.2, 0.25) is 0 Å². The Bertz CT molecular complexity index is 193. The Labute approximate surface area is 54.8 Å². The summed E-state index contributed by atoms with van der Waals surface area (Å²) in [6, 6.07) is 0. The van der Waals surface area contributed by atoms with Gasteiger partial charge in [0, 0.05) is 11.8 Å². The van der Waals surface area contributed by atoms with Crippen molar-refractivity contribution in [2.24, 2.45) is 11.3 Å². The summed E-state index contributed by atoms with van der Waals surface area (Å²) in [4.78, 5) is 11.0. The van der Waals surface area contributed by atoms with Gasteiger partial charge in [-0.1, -0.05) is 19.1 Å². The van der Waals surface area contributed by atoms with Crippen molar-refractivity contribution in [3.63, 3.8) is 0 Å². The molecule has 2 unspecified atom stereocenters. The number of allylic oxidation sites excluding steroid dienone is 2. The minimum atomic E-state index is 0.0417. The number of ketones is 1. The van der Waals surface area contributed by atoms with Crippen LogP contribution in [0.5, 0.6) is 0 Å². The lowest BCUT2D eigenvalue weighted by Gasteiger charge is -2.39. The van der Waals surface area contributed by atoms with Gasteiger partial charge in [-0.25, -0.2) is 0 Å². The van der Waals surface area contributed by atoms with Gasteiger partial charge < -0.3 is 0 Å². The quantitative estimate of drug-likeness (QED) is 0.445. The summed E-state index contributed by atoms with van der Waals surface area (Å²) in [5, 5.41) is 0. The minimum Gasteiger partial charge on any atom is -0.299 e. The molecule has 48 valence electrons. The lowest BCUT2D eigenvalue weighted by atomic mass is 9.62. The van der Waals surface area contributed by atoms with Gasteiger partial charge in [-0.15, -0.1) is 0 Å². The largest absolute Gasteiger partial charge is 0.299 e. The Morgan fingerprint density at radius 1 is 1.78 bits per heavy atom. The van der Waals surface area contributed by atoms with Crippen molar-refractivity contribution in [2.75, 3.05) is 0 Å². The van der Waals surface area contributed by atoms with Gasteiger partial charge in [0.05, 0.1) is 0 Å². The zero-order valence-electron chi connectivity index (χ0n) is 5.55. The molecule has 0 aromatic rings. The van der Waals surface area contributed by atoms with Crippen molar-refractivity contribution >= 4 is 5.78 Å². The summed E-state index contributed by atoms with van der Waals surface area (Å²) < 4.78 is 0. The molecular weight excluding hydrogens is 112 g/mol. The fourth-order valence-electron chi connectivity index (χ4n) is 1.76. The number of carbonyl (C=O) groups excluding carboxylic acids is 1. The first-order valence-electron chi connectivity index (χ1n) is 3.43. The molecule has 0 aromatic heterocycles. The summed E-state index contributed by atoms with van der Waals surface area (Å²) in [6.07, 6.45) is 6.10. The number of Topliss-reactive ketones (excluding diaryl/α,β-unsaturated/α-hetero) is 1. The monoisotopic (exact) mass is 122 g/mol. The Hall–Kier alpha value is -0.590. The van der Waals surface area contributed by atoms with Crippen molar-refractivity contribution in [1.29, 1.82) is 0 Å². The fourth-order valence-corrected chi connectivity index (χ4v) is 1.76. The molecule has 0 N–H and O–H groups in total. The Balaban J connectivity index is 2.30. The van der Waals surface area contributed by atoms with Crippen LogP contribution in [0.4, 0.5) is 0 Å². The first-order chi connectivity index (χ1) is 4.23. The van der Waals surface area contributed by atoms with E-state index in [0.29, 0.717) is 11.7 Å². The van der Waals surface area contributed by atoms with E-state index in [1.54, 1.807) is 0 Å². The van der Waals surface area contributed by atoms with E-state index in [4.69, 9.17) is 0 Å². The van der Waals surface area contributed by atoms with Gasteiger partial charge in [-0.05, 0) is 12.3 Å². The standard InChI is InChI=1S/C8H10O/c1-8-4-2-3-6(8)5-7(8)9/h2-3,6H,4-5H2,1H3. The minimum absolute atomic E-state index is 0.0417. The van der Waals surface area contributed by atoms with Gasteiger partial charge in [0.1, 0.15) is 5.78 Å². The molecule has 0 aliphatic heterocycles. The van der Waals surface area contributed by atoms with E-state index in [1.807, 2.05) is 0 Å². The summed E-state index contributed by atoms with van der Waals surface area (Å²) in [5.41, 5.74) is 0.0417. The van der Waals surface area contributed by atoms with E-state index in [0.717, 1.165) is 12.8 Å². The van der Waals surface area contributed by atoms with Crippen LogP contribution in [0.2, 0.25) is 0 Å². The molecule has 1 heteroatoms. The van der Waals surface area contributed by atoms with Crippen LogP contribution in [0.15, 0.2) is 12.2 Å². The van der Waals surface area contributed by atoms with E-state index < -0.39 is 0 Å². The number of carbonyl (C=O) groups is 1. The van der Waals surface area contributed by atoms with Crippen molar-refractivity contribution in [3.05, 3.63) is 12.2 Å². The van der Waals surface area contributed by atoms with E-state index in [-0.39, 0.29) is 5.41 Å². The van der Waals surface area contributed by atoms with E-state index in [1.165, 1.54) is 0 Å². The van der Waals surface area contributed by atoms with Crippen LogP contribution >= 0.6 is 0 Å². The maximum atomic E-state index is 11.0. The van der Waals surface area contributed by atoms with Crippen molar-refractivity contribution in [2.45, 2.75) is 19.8 Å². The Morgan fingerprint density at radius 3 is 3.00 bits per heavy atom. The molecular formula is C8H10O. The third-order valence-electron chi connectivity index (χ3n) is 2.77. The molecule has 0 radical (unpaired) electrons. The molecule has 2 aliphatic rings. The zero-order chi connectivity index (χ0) is 6.48. The van der Waals surface area contributed by atoms with Crippen LogP contribution in [0.3, 0.4) is 0 Å². The topological polar surface area (TPSA) is 17.1 Å². The average Bonchev–Trinajstić information content (AvgIpc) is 2.11. The molecule has 0 amide bonds. The van der Waals surface area contributed by atoms with Crippen LogP contribution in [0.1, 0.15) is 19.8 Å². The summed E-state index contributed by atoms with van der Waals surface area (Å²) in [5.74, 6) is 1.04. The van der Waals surface area contributed by atoms with Crippen molar-refractivity contribution < 1.29 is 4.79 Å². The van der Waals surface area contributed by atoms with Gasteiger partial charge in [-0.2, -0.15) is 0 Å². The second-order valence-electron chi connectivity index (χ2n) is 3.28. The highest BCUT2D eigenvalue weighted by molar-refractivity contribution is 5.92. The lowest BCUT2D eigenvalue weighted by Crippen LogP contribution is -2.43. The molecule has 1 saturated carbocycles. The highest BCUT2D eigenvalue weighted by Gasteiger charge is 2.50. The molecule has 2 aliphatic carbocycles. The van der Waals surface area contributed by atoms with Crippen LogP contribution in [0.25, 0.3) is 0 Å². The molecule has 0 aromatic carbocycles. The predicted octanol–water partition coefficient (Wildman–Crippen LogP) is 1.54. The van der Waals surface area contributed by atoms with Crippen molar-refractivity contribution in [1.82, 2.24) is 0 Å².